The molecule has 0 bridgehead atoms. The van der Waals surface area contributed by atoms with Gasteiger partial charge in [-0.15, -0.1) is 13.2 Å². The molecule has 1 rings (SSSR count). The number of carbonyl (C=O) groups is 1. The molecule has 0 aliphatic carbocycles. The Balaban J connectivity index is 2.97. The highest BCUT2D eigenvalue weighted by Crippen LogP contribution is 2.33. The summed E-state index contributed by atoms with van der Waals surface area (Å²) in [7, 11) is 0. The van der Waals surface area contributed by atoms with Crippen molar-refractivity contribution in [1.29, 1.82) is 0 Å². The Morgan fingerprint density at radius 3 is 2.53 bits per heavy atom. The van der Waals surface area contributed by atoms with E-state index in [-0.39, 0.29) is 17.9 Å². The number of carbonyl (C=O) groups excluding carboxylic acids is 1. The molecule has 7 heteroatoms. The van der Waals surface area contributed by atoms with Gasteiger partial charge in [-0.1, -0.05) is 13.3 Å². The lowest BCUT2D eigenvalue weighted by Gasteiger charge is -2.15. The number of ether oxygens (including phenoxy) is 2. The number of rotatable bonds is 6. The van der Waals surface area contributed by atoms with E-state index in [2.05, 4.69) is 4.74 Å². The highest BCUT2D eigenvalue weighted by atomic mass is 19.4. The highest BCUT2D eigenvalue weighted by Gasteiger charge is 2.32. The van der Waals surface area contributed by atoms with Crippen LogP contribution in [0, 0.1) is 0 Å². The second-order valence-electron chi connectivity index (χ2n) is 3.70. The molecule has 106 valence electrons. The summed E-state index contributed by atoms with van der Waals surface area (Å²) in [5.41, 5.74) is -0.277. The second kappa shape index (κ2) is 6.31. The Kier molecular flexibility index (Phi) is 5.02. The molecule has 0 heterocycles. The van der Waals surface area contributed by atoms with Crippen LogP contribution in [0.15, 0.2) is 18.2 Å². The predicted octanol–water partition coefficient (Wildman–Crippen LogP) is 2.13. The van der Waals surface area contributed by atoms with Gasteiger partial charge in [0.05, 0.1) is 12.6 Å². The summed E-state index contributed by atoms with van der Waals surface area (Å²) < 4.78 is 45.3. The molecule has 19 heavy (non-hydrogen) atoms. The lowest BCUT2D eigenvalue weighted by atomic mass is 10.2. The molecule has 0 saturated carbocycles. The van der Waals surface area contributed by atoms with Crippen LogP contribution in [0.4, 0.5) is 13.2 Å². The molecule has 0 radical (unpaired) electrons. The average Bonchev–Trinajstić information content (AvgIpc) is 2.29. The molecule has 0 N–H and O–H groups in total. The van der Waals surface area contributed by atoms with E-state index in [0.717, 1.165) is 24.6 Å². The third kappa shape index (κ3) is 5.07. The van der Waals surface area contributed by atoms with Gasteiger partial charge in [-0.3, -0.25) is 0 Å². The van der Waals surface area contributed by atoms with Gasteiger partial charge in [0.25, 0.3) is 0 Å². The summed E-state index contributed by atoms with van der Waals surface area (Å²) in [6.45, 7) is 2.05. The Hall–Kier alpha value is -1.92. The molecular weight excluding hydrogens is 265 g/mol. The van der Waals surface area contributed by atoms with Gasteiger partial charge in [-0.25, -0.2) is 0 Å². The number of hydrogen-bond donors (Lipinski definition) is 0. The molecule has 0 atom stereocenters. The van der Waals surface area contributed by atoms with E-state index in [9.17, 15) is 23.1 Å². The fraction of sp³-hybridized carbons (Fsp3) is 0.417. The second-order valence-corrected chi connectivity index (χ2v) is 3.70. The van der Waals surface area contributed by atoms with Crippen molar-refractivity contribution >= 4 is 5.97 Å². The fourth-order valence-electron chi connectivity index (χ4n) is 1.28. The summed E-state index contributed by atoms with van der Waals surface area (Å²) in [6, 6.07) is 2.80. The number of hydrogen-bond acceptors (Lipinski definition) is 4. The first-order chi connectivity index (χ1) is 8.83. The molecule has 1 aromatic carbocycles. The van der Waals surface area contributed by atoms with Gasteiger partial charge in [0.2, 0.25) is 0 Å². The molecule has 0 spiro atoms. The first-order valence-corrected chi connectivity index (χ1v) is 5.57. The van der Waals surface area contributed by atoms with Crippen molar-refractivity contribution in [2.45, 2.75) is 26.1 Å². The predicted molar refractivity (Wildman–Crippen MR) is 57.9 cm³/mol. The van der Waals surface area contributed by atoms with E-state index in [0.29, 0.717) is 6.42 Å². The van der Waals surface area contributed by atoms with Crippen molar-refractivity contribution in [1.82, 2.24) is 0 Å². The maximum Gasteiger partial charge on any atom is 0.573 e. The topological polar surface area (TPSA) is 58.6 Å². The number of carboxylic acid groups (broad SMARTS) is 1. The number of carboxylic acids is 1. The van der Waals surface area contributed by atoms with Crippen LogP contribution in [0.25, 0.3) is 0 Å². The quantitative estimate of drug-likeness (QED) is 0.747. The maximum atomic E-state index is 12.2. The van der Waals surface area contributed by atoms with Gasteiger partial charge >= 0.3 is 6.36 Å². The summed E-state index contributed by atoms with van der Waals surface area (Å²) in [5, 5.41) is 10.6. The monoisotopic (exact) mass is 277 g/mol. The van der Waals surface area contributed by atoms with Crippen LogP contribution in [0.5, 0.6) is 11.5 Å². The van der Waals surface area contributed by atoms with Crippen molar-refractivity contribution < 1.29 is 32.5 Å². The first kappa shape index (κ1) is 15.1. The largest absolute Gasteiger partial charge is 0.573 e. The minimum absolute atomic E-state index is 0.168. The summed E-state index contributed by atoms with van der Waals surface area (Å²) >= 11 is 0. The average molecular weight is 277 g/mol. The van der Waals surface area contributed by atoms with E-state index < -0.39 is 18.1 Å². The molecular formula is C12H12F3O4-. The number of benzene rings is 1. The van der Waals surface area contributed by atoms with E-state index in [1.54, 1.807) is 0 Å². The highest BCUT2D eigenvalue weighted by molar-refractivity contribution is 5.86. The summed E-state index contributed by atoms with van der Waals surface area (Å²) in [6.07, 6.45) is -3.46. The van der Waals surface area contributed by atoms with Gasteiger partial charge in [0.1, 0.15) is 0 Å². The van der Waals surface area contributed by atoms with Crippen LogP contribution in [0.1, 0.15) is 30.1 Å². The lowest BCUT2D eigenvalue weighted by molar-refractivity contribution is -0.275. The normalized spacial score (nSPS) is 11.2. The summed E-state index contributed by atoms with van der Waals surface area (Å²) in [5.74, 6) is -2.35. The number of alkyl halides is 3. The molecule has 0 aliphatic heterocycles. The van der Waals surface area contributed by atoms with Gasteiger partial charge in [-0.2, -0.15) is 0 Å². The van der Waals surface area contributed by atoms with E-state index in [4.69, 9.17) is 4.74 Å². The van der Waals surface area contributed by atoms with E-state index in [1.807, 2.05) is 6.92 Å². The SMILES string of the molecule is CCCCOc1cc(C(=O)[O-])ccc1OC(F)(F)F. The number of halogens is 3. The minimum Gasteiger partial charge on any atom is -0.545 e. The van der Waals surface area contributed by atoms with Crippen LogP contribution >= 0.6 is 0 Å². The van der Waals surface area contributed by atoms with E-state index >= 15 is 0 Å². The van der Waals surface area contributed by atoms with Gasteiger partial charge in [-0.05, 0) is 24.6 Å². The smallest absolute Gasteiger partial charge is 0.545 e. The van der Waals surface area contributed by atoms with E-state index in [1.165, 1.54) is 0 Å². The zero-order valence-electron chi connectivity index (χ0n) is 10.1. The molecule has 0 aromatic heterocycles. The van der Waals surface area contributed by atoms with Crippen LogP contribution in [-0.2, 0) is 0 Å². The lowest BCUT2D eigenvalue weighted by Crippen LogP contribution is -2.22. The molecule has 0 unspecified atom stereocenters. The minimum atomic E-state index is -4.87. The van der Waals surface area contributed by atoms with Gasteiger partial charge < -0.3 is 19.4 Å². The number of unbranched alkanes of at least 4 members (excludes halogenated alkanes) is 1. The molecule has 0 saturated heterocycles. The van der Waals surface area contributed by atoms with Crippen molar-refractivity contribution in [3.63, 3.8) is 0 Å². The zero-order valence-corrected chi connectivity index (χ0v) is 10.1. The maximum absolute atomic E-state index is 12.2. The van der Waals surface area contributed by atoms with Crippen molar-refractivity contribution in [3.8, 4) is 11.5 Å². The molecule has 0 aliphatic rings. The zero-order chi connectivity index (χ0) is 14.5. The Morgan fingerprint density at radius 2 is 2.00 bits per heavy atom. The van der Waals surface area contributed by atoms with Crippen molar-refractivity contribution in [2.24, 2.45) is 0 Å². The van der Waals surface area contributed by atoms with Crippen LogP contribution < -0.4 is 14.6 Å². The van der Waals surface area contributed by atoms with Crippen LogP contribution in [0.2, 0.25) is 0 Å². The third-order valence-corrected chi connectivity index (χ3v) is 2.16. The van der Waals surface area contributed by atoms with Crippen molar-refractivity contribution in [3.05, 3.63) is 23.8 Å². The van der Waals surface area contributed by atoms with Crippen LogP contribution in [-0.4, -0.2) is 18.9 Å². The Bertz CT molecular complexity index is 443. The standard InChI is InChI=1S/C12H13F3O4/c1-2-3-6-18-10-7-8(11(16)17)4-5-9(10)19-12(13,14)15/h4-5,7H,2-3,6H2,1H3,(H,16,17)/p-1. The first-order valence-electron chi connectivity index (χ1n) is 5.57. The fourth-order valence-corrected chi connectivity index (χ4v) is 1.28. The molecule has 1 aromatic rings. The molecule has 0 fully saturated rings. The van der Waals surface area contributed by atoms with Crippen molar-refractivity contribution in [2.75, 3.05) is 6.61 Å². The molecule has 0 amide bonds. The third-order valence-electron chi connectivity index (χ3n) is 2.16. The van der Waals surface area contributed by atoms with Crippen LogP contribution in [0.3, 0.4) is 0 Å². The Morgan fingerprint density at radius 1 is 1.32 bits per heavy atom. The van der Waals surface area contributed by atoms with Gasteiger partial charge in [0.15, 0.2) is 11.5 Å². The molecule has 4 nitrogen and oxygen atoms in total. The van der Waals surface area contributed by atoms with Gasteiger partial charge in [0, 0.05) is 5.56 Å². The summed E-state index contributed by atoms with van der Waals surface area (Å²) in [4.78, 5) is 10.6. The Labute approximate surface area is 107 Å². The number of aromatic carboxylic acids is 1.